The molecular weight excluding hydrogens is 266 g/mol. The normalized spacial score (nSPS) is 19.8. The van der Waals surface area contributed by atoms with Crippen LogP contribution in [0.2, 0.25) is 0 Å². The quantitative estimate of drug-likeness (QED) is 0.861. The highest BCUT2D eigenvalue weighted by atomic mass is 79.9. The highest BCUT2D eigenvalue weighted by Crippen LogP contribution is 2.34. The van der Waals surface area contributed by atoms with Gasteiger partial charge in [0.05, 0.1) is 16.4 Å². The summed E-state index contributed by atoms with van der Waals surface area (Å²) in [6, 6.07) is 1.92. The third kappa shape index (κ3) is 2.48. The molecule has 3 nitrogen and oxygen atoms in total. The van der Waals surface area contributed by atoms with Crippen LogP contribution in [0.4, 0.5) is 11.5 Å². The molecule has 0 unspecified atom stereocenters. The molecule has 4 heteroatoms. The fourth-order valence-electron chi connectivity index (χ4n) is 2.00. The average Bonchev–Trinajstić information content (AvgIpc) is 2.19. The van der Waals surface area contributed by atoms with E-state index in [-0.39, 0.29) is 0 Å². The van der Waals surface area contributed by atoms with Gasteiger partial charge in [-0.1, -0.05) is 13.8 Å². The minimum Gasteiger partial charge on any atom is -0.397 e. The highest BCUT2D eigenvalue weighted by molar-refractivity contribution is 9.10. The number of halogens is 1. The van der Waals surface area contributed by atoms with Crippen LogP contribution in [0, 0.1) is 5.41 Å². The monoisotopic (exact) mass is 283 g/mol. The maximum Gasteiger partial charge on any atom is 0.143 e. The molecule has 0 atom stereocenters. The van der Waals surface area contributed by atoms with Gasteiger partial charge in [0.1, 0.15) is 5.82 Å². The average molecular weight is 284 g/mol. The summed E-state index contributed by atoms with van der Waals surface area (Å²) in [5, 5.41) is 0. The lowest BCUT2D eigenvalue weighted by Crippen LogP contribution is -2.37. The van der Waals surface area contributed by atoms with Crippen LogP contribution in [-0.4, -0.2) is 18.1 Å². The first-order valence-electron chi connectivity index (χ1n) is 5.64. The van der Waals surface area contributed by atoms with Crippen LogP contribution in [0.15, 0.2) is 16.7 Å². The van der Waals surface area contributed by atoms with Crippen LogP contribution in [-0.2, 0) is 0 Å². The Morgan fingerprint density at radius 1 is 1.38 bits per heavy atom. The van der Waals surface area contributed by atoms with Gasteiger partial charge < -0.3 is 10.6 Å². The van der Waals surface area contributed by atoms with Crippen LogP contribution in [0.3, 0.4) is 0 Å². The predicted octanol–water partition coefficient (Wildman–Crippen LogP) is 3.05. The van der Waals surface area contributed by atoms with Gasteiger partial charge in [0.15, 0.2) is 0 Å². The molecule has 0 aliphatic carbocycles. The summed E-state index contributed by atoms with van der Waals surface area (Å²) >= 11 is 3.53. The van der Waals surface area contributed by atoms with Gasteiger partial charge >= 0.3 is 0 Å². The summed E-state index contributed by atoms with van der Waals surface area (Å²) in [6.07, 6.45) is 4.15. The molecule has 2 heterocycles. The van der Waals surface area contributed by atoms with Crippen molar-refractivity contribution in [3.63, 3.8) is 0 Å². The van der Waals surface area contributed by atoms with E-state index in [0.29, 0.717) is 11.1 Å². The molecule has 0 saturated carbocycles. The zero-order chi connectivity index (χ0) is 11.8. The van der Waals surface area contributed by atoms with E-state index in [2.05, 4.69) is 39.7 Å². The van der Waals surface area contributed by atoms with E-state index in [9.17, 15) is 0 Å². The first-order valence-corrected chi connectivity index (χ1v) is 6.43. The molecule has 1 aliphatic rings. The maximum atomic E-state index is 5.69. The van der Waals surface area contributed by atoms with Crippen molar-refractivity contribution in [2.75, 3.05) is 23.7 Å². The summed E-state index contributed by atoms with van der Waals surface area (Å²) in [6.45, 7) is 6.80. The fraction of sp³-hybridized carbons (Fsp3) is 0.583. The third-order valence-electron chi connectivity index (χ3n) is 3.26. The van der Waals surface area contributed by atoms with E-state index in [1.807, 2.05) is 6.07 Å². The molecule has 1 saturated heterocycles. The molecule has 16 heavy (non-hydrogen) atoms. The lowest BCUT2D eigenvalue weighted by Gasteiger charge is -2.37. The molecule has 0 radical (unpaired) electrons. The number of hydrogen-bond donors (Lipinski definition) is 1. The molecule has 0 aromatic carbocycles. The van der Waals surface area contributed by atoms with Crippen LogP contribution >= 0.6 is 15.9 Å². The van der Waals surface area contributed by atoms with E-state index >= 15 is 0 Å². The van der Waals surface area contributed by atoms with Gasteiger partial charge in [0, 0.05) is 13.1 Å². The number of piperidine rings is 1. The Bertz CT molecular complexity index is 380. The van der Waals surface area contributed by atoms with E-state index in [4.69, 9.17) is 5.73 Å². The summed E-state index contributed by atoms with van der Waals surface area (Å²) in [5.74, 6) is 1.02. The Kier molecular flexibility index (Phi) is 3.10. The van der Waals surface area contributed by atoms with Crippen molar-refractivity contribution in [1.82, 2.24) is 4.98 Å². The van der Waals surface area contributed by atoms with Crippen LogP contribution in [0.1, 0.15) is 26.7 Å². The number of nitrogen functional groups attached to an aromatic ring is 1. The Morgan fingerprint density at radius 3 is 2.56 bits per heavy atom. The summed E-state index contributed by atoms with van der Waals surface area (Å²) in [7, 11) is 0. The van der Waals surface area contributed by atoms with Crippen molar-refractivity contribution < 1.29 is 0 Å². The second kappa shape index (κ2) is 4.24. The highest BCUT2D eigenvalue weighted by Gasteiger charge is 2.26. The van der Waals surface area contributed by atoms with Gasteiger partial charge in [-0.05, 0) is 40.3 Å². The second-order valence-electron chi connectivity index (χ2n) is 5.23. The zero-order valence-corrected chi connectivity index (χ0v) is 11.4. The molecule has 1 aliphatic heterocycles. The molecule has 0 amide bonds. The van der Waals surface area contributed by atoms with Crippen LogP contribution in [0.25, 0.3) is 0 Å². The van der Waals surface area contributed by atoms with E-state index in [1.165, 1.54) is 12.8 Å². The Balaban J connectivity index is 2.14. The molecule has 1 aromatic rings. The second-order valence-corrected chi connectivity index (χ2v) is 6.08. The van der Waals surface area contributed by atoms with Crippen LogP contribution in [0.5, 0.6) is 0 Å². The summed E-state index contributed by atoms with van der Waals surface area (Å²) in [5.41, 5.74) is 6.86. The lowest BCUT2D eigenvalue weighted by atomic mass is 9.83. The molecule has 88 valence electrons. The van der Waals surface area contributed by atoms with Gasteiger partial charge in [0.2, 0.25) is 0 Å². The molecule has 0 bridgehead atoms. The van der Waals surface area contributed by atoms with Crippen molar-refractivity contribution >= 4 is 27.4 Å². The number of aromatic nitrogens is 1. The molecular formula is C12H18BrN3. The minimum absolute atomic E-state index is 0.469. The molecule has 0 spiro atoms. The van der Waals surface area contributed by atoms with Gasteiger partial charge in [-0.15, -0.1) is 0 Å². The number of nitrogens with zero attached hydrogens (tertiary/aromatic N) is 2. The van der Waals surface area contributed by atoms with Crippen molar-refractivity contribution in [3.8, 4) is 0 Å². The van der Waals surface area contributed by atoms with Gasteiger partial charge in [-0.25, -0.2) is 4.98 Å². The number of pyridine rings is 1. The first-order chi connectivity index (χ1) is 7.48. The third-order valence-corrected chi connectivity index (χ3v) is 3.84. The first kappa shape index (κ1) is 11.7. The minimum atomic E-state index is 0.469. The topological polar surface area (TPSA) is 42.2 Å². The molecule has 2 N–H and O–H groups in total. The zero-order valence-electron chi connectivity index (χ0n) is 9.83. The smallest absolute Gasteiger partial charge is 0.143 e. The molecule has 1 fully saturated rings. The summed E-state index contributed by atoms with van der Waals surface area (Å²) < 4.78 is 0.993. The van der Waals surface area contributed by atoms with Gasteiger partial charge in [-0.3, -0.25) is 0 Å². The lowest BCUT2D eigenvalue weighted by molar-refractivity contribution is 0.279. The standard InChI is InChI=1S/C12H18BrN3/c1-12(2)3-5-16(6-4-12)11-10(13)7-9(14)8-15-11/h7-8H,3-6,14H2,1-2H3. The van der Waals surface area contributed by atoms with E-state index in [0.717, 1.165) is 23.4 Å². The van der Waals surface area contributed by atoms with Crippen molar-refractivity contribution in [2.45, 2.75) is 26.7 Å². The van der Waals surface area contributed by atoms with Gasteiger partial charge in [-0.2, -0.15) is 0 Å². The Hall–Kier alpha value is -0.770. The van der Waals surface area contributed by atoms with E-state index < -0.39 is 0 Å². The molecule has 2 rings (SSSR count). The predicted molar refractivity (Wildman–Crippen MR) is 71.6 cm³/mol. The van der Waals surface area contributed by atoms with Gasteiger partial charge in [0.25, 0.3) is 0 Å². The fourth-order valence-corrected chi connectivity index (χ4v) is 2.62. The Morgan fingerprint density at radius 2 is 2.00 bits per heavy atom. The number of nitrogens with two attached hydrogens (primary N) is 1. The number of rotatable bonds is 1. The van der Waals surface area contributed by atoms with E-state index in [1.54, 1.807) is 6.20 Å². The van der Waals surface area contributed by atoms with Crippen molar-refractivity contribution in [2.24, 2.45) is 5.41 Å². The Labute approximate surface area is 105 Å². The maximum absolute atomic E-state index is 5.69. The van der Waals surface area contributed by atoms with Crippen LogP contribution < -0.4 is 10.6 Å². The SMILES string of the molecule is CC1(C)CCN(c2ncc(N)cc2Br)CC1. The van der Waals surface area contributed by atoms with Crippen molar-refractivity contribution in [3.05, 3.63) is 16.7 Å². The molecule has 1 aromatic heterocycles. The number of anilines is 2. The van der Waals surface area contributed by atoms with Crippen molar-refractivity contribution in [1.29, 1.82) is 0 Å². The number of hydrogen-bond acceptors (Lipinski definition) is 3. The summed E-state index contributed by atoms with van der Waals surface area (Å²) in [4.78, 5) is 6.73. The largest absolute Gasteiger partial charge is 0.397 e.